The van der Waals surface area contributed by atoms with E-state index in [2.05, 4.69) is 15.1 Å². The van der Waals surface area contributed by atoms with E-state index in [9.17, 15) is 9.90 Å². The molecule has 94 valence electrons. The van der Waals surface area contributed by atoms with E-state index < -0.39 is 5.95 Å². The van der Waals surface area contributed by atoms with Crippen molar-refractivity contribution >= 4 is 11.6 Å². The molecule has 0 aliphatic carbocycles. The third-order valence-electron chi connectivity index (χ3n) is 2.15. The lowest BCUT2D eigenvalue weighted by molar-refractivity contribution is -0.750. The molecule has 0 aliphatic rings. The Kier molecular flexibility index (Phi) is 3.42. The maximum absolute atomic E-state index is 11.6. The molecule has 0 saturated carbocycles. The van der Waals surface area contributed by atoms with Crippen LogP contribution in [0.4, 0.5) is 5.69 Å². The molecular formula is C11H11N3O4. The predicted molar refractivity (Wildman–Crippen MR) is 57.8 cm³/mol. The second kappa shape index (κ2) is 5.17. The van der Waals surface area contributed by atoms with Crippen molar-refractivity contribution in [2.45, 2.75) is 6.54 Å². The van der Waals surface area contributed by atoms with Crippen LogP contribution in [0, 0.1) is 0 Å². The van der Waals surface area contributed by atoms with Crippen LogP contribution in [-0.2, 0) is 11.3 Å². The van der Waals surface area contributed by atoms with E-state index in [-0.39, 0.29) is 12.5 Å². The molecule has 1 aromatic heterocycles. The summed E-state index contributed by atoms with van der Waals surface area (Å²) < 4.78 is 10.5. The first-order valence-electron chi connectivity index (χ1n) is 5.15. The molecule has 0 atom stereocenters. The van der Waals surface area contributed by atoms with Gasteiger partial charge >= 0.3 is 0 Å². The molecule has 0 fully saturated rings. The van der Waals surface area contributed by atoms with Gasteiger partial charge < -0.3 is 19.7 Å². The molecular weight excluding hydrogens is 238 g/mol. The monoisotopic (exact) mass is 249 g/mol. The lowest BCUT2D eigenvalue weighted by Gasteiger charge is -2.04. The van der Waals surface area contributed by atoms with Gasteiger partial charge in [-0.25, -0.2) is 0 Å². The minimum absolute atomic E-state index is 0.0943. The van der Waals surface area contributed by atoms with Gasteiger partial charge in [-0.3, -0.25) is 4.79 Å². The number of amides is 1. The molecule has 0 radical (unpaired) electrons. The van der Waals surface area contributed by atoms with Gasteiger partial charge in [-0.15, -0.1) is 0 Å². The second-order valence-electron chi connectivity index (χ2n) is 3.50. The zero-order chi connectivity index (χ0) is 13.0. The zero-order valence-corrected chi connectivity index (χ0v) is 9.62. The van der Waals surface area contributed by atoms with E-state index in [0.29, 0.717) is 11.4 Å². The molecule has 2 aromatic rings. The predicted octanol–water partition coefficient (Wildman–Crippen LogP) is -0.317. The molecule has 0 spiro atoms. The highest BCUT2D eigenvalue weighted by molar-refractivity contribution is 5.89. The smallest absolute Gasteiger partial charge is 0.292 e. The first kappa shape index (κ1) is 11.9. The van der Waals surface area contributed by atoms with Crippen molar-refractivity contribution in [3.05, 3.63) is 30.5 Å². The van der Waals surface area contributed by atoms with E-state index in [4.69, 9.17) is 4.74 Å². The summed E-state index contributed by atoms with van der Waals surface area (Å²) in [5, 5.41) is 16.7. The fourth-order valence-electron chi connectivity index (χ4n) is 1.38. The third-order valence-corrected chi connectivity index (χ3v) is 2.15. The molecule has 18 heavy (non-hydrogen) atoms. The highest BCUT2D eigenvalue weighted by atomic mass is 16.6. The third kappa shape index (κ3) is 2.97. The highest BCUT2D eigenvalue weighted by Crippen LogP contribution is 2.16. The van der Waals surface area contributed by atoms with Crippen LogP contribution in [0.3, 0.4) is 0 Å². The van der Waals surface area contributed by atoms with Crippen molar-refractivity contribution in [3.8, 4) is 11.7 Å². The standard InChI is InChI=1S/C11H11N3O4/c1-17-9-4-2-3-8(5-9)12-10(15)6-14-7-11(16)18-13-14/h2-5,7H,6H2,1H3,(H-,12,13,15,16). The molecule has 0 aliphatic heterocycles. The van der Waals surface area contributed by atoms with Crippen LogP contribution in [0.1, 0.15) is 0 Å². The first-order chi connectivity index (χ1) is 8.67. The number of anilines is 1. The number of hydrogen-bond acceptors (Lipinski definition) is 5. The summed E-state index contributed by atoms with van der Waals surface area (Å²) in [6, 6.07) is 6.94. The van der Waals surface area contributed by atoms with Crippen molar-refractivity contribution in [1.29, 1.82) is 0 Å². The van der Waals surface area contributed by atoms with E-state index in [0.717, 1.165) is 10.9 Å². The van der Waals surface area contributed by atoms with Gasteiger partial charge in [0.15, 0.2) is 0 Å². The highest BCUT2D eigenvalue weighted by Gasteiger charge is 2.12. The number of nitrogens with one attached hydrogen (secondary N) is 1. The molecule has 1 N–H and O–H groups in total. The van der Waals surface area contributed by atoms with Gasteiger partial charge in [0.1, 0.15) is 11.7 Å². The molecule has 2 rings (SSSR count). The number of carbonyl (C=O) groups excluding carboxylic acids is 1. The number of ether oxygens (including phenoxy) is 1. The average molecular weight is 249 g/mol. The van der Waals surface area contributed by atoms with Crippen LogP contribution >= 0.6 is 0 Å². The Balaban J connectivity index is 1.98. The molecule has 1 amide bonds. The number of carbonyl (C=O) groups is 1. The van der Waals surface area contributed by atoms with Gasteiger partial charge in [0, 0.05) is 11.8 Å². The first-order valence-corrected chi connectivity index (χ1v) is 5.15. The number of aromatic nitrogens is 2. The summed E-state index contributed by atoms with van der Waals surface area (Å²) in [5.41, 5.74) is 0.603. The quantitative estimate of drug-likeness (QED) is 0.750. The SMILES string of the molecule is COc1cccc(NC(=O)C[n+]2cc([O-])on2)c1. The lowest BCUT2D eigenvalue weighted by atomic mass is 10.3. The maximum atomic E-state index is 11.6. The van der Waals surface area contributed by atoms with Crippen LogP contribution in [0.25, 0.3) is 0 Å². The topological polar surface area (TPSA) is 91.3 Å². The van der Waals surface area contributed by atoms with Crippen LogP contribution in [-0.4, -0.2) is 18.3 Å². The summed E-state index contributed by atoms with van der Waals surface area (Å²) in [6.07, 6.45) is 1.10. The van der Waals surface area contributed by atoms with Crippen LogP contribution in [0.15, 0.2) is 35.0 Å². The summed E-state index contributed by atoms with van der Waals surface area (Å²) in [7, 11) is 1.54. The van der Waals surface area contributed by atoms with Gasteiger partial charge in [0.05, 0.1) is 12.4 Å². The Morgan fingerprint density at radius 3 is 3.11 bits per heavy atom. The van der Waals surface area contributed by atoms with E-state index in [1.165, 1.54) is 0 Å². The van der Waals surface area contributed by atoms with Gasteiger partial charge in [-0.05, 0) is 12.1 Å². The van der Waals surface area contributed by atoms with Crippen LogP contribution in [0.5, 0.6) is 11.7 Å². The number of benzene rings is 1. The van der Waals surface area contributed by atoms with Crippen molar-refractivity contribution in [1.82, 2.24) is 5.27 Å². The fraction of sp³-hybridized carbons (Fsp3) is 0.182. The van der Waals surface area contributed by atoms with Gasteiger partial charge in [-0.2, -0.15) is 0 Å². The summed E-state index contributed by atoms with van der Waals surface area (Å²) in [6.45, 7) is -0.0943. The normalized spacial score (nSPS) is 10.1. The van der Waals surface area contributed by atoms with Crippen molar-refractivity contribution in [3.63, 3.8) is 0 Å². The largest absolute Gasteiger partial charge is 0.539 e. The minimum atomic E-state index is -0.593. The number of hydrogen-bond donors (Lipinski definition) is 1. The van der Waals surface area contributed by atoms with Crippen molar-refractivity contribution in [2.75, 3.05) is 12.4 Å². The fourth-order valence-corrected chi connectivity index (χ4v) is 1.38. The average Bonchev–Trinajstić information content (AvgIpc) is 2.74. The molecule has 0 bridgehead atoms. The Morgan fingerprint density at radius 2 is 2.44 bits per heavy atom. The van der Waals surface area contributed by atoms with Gasteiger partial charge in [-0.1, -0.05) is 10.7 Å². The Labute approximate surface area is 103 Å². The summed E-state index contributed by atoms with van der Waals surface area (Å²) in [4.78, 5) is 11.6. The molecule has 0 unspecified atom stereocenters. The summed E-state index contributed by atoms with van der Waals surface area (Å²) >= 11 is 0. The minimum Gasteiger partial charge on any atom is -0.539 e. The molecule has 1 aromatic carbocycles. The van der Waals surface area contributed by atoms with Gasteiger partial charge in [0.25, 0.3) is 12.5 Å². The Bertz CT molecular complexity index is 553. The van der Waals surface area contributed by atoms with Crippen LogP contribution < -0.4 is 19.8 Å². The zero-order valence-electron chi connectivity index (χ0n) is 9.62. The van der Waals surface area contributed by atoms with E-state index in [1.807, 2.05) is 0 Å². The Morgan fingerprint density at radius 1 is 1.61 bits per heavy atom. The maximum Gasteiger partial charge on any atom is 0.292 e. The Hall–Kier alpha value is -2.57. The van der Waals surface area contributed by atoms with E-state index in [1.54, 1.807) is 31.4 Å². The summed E-state index contributed by atoms with van der Waals surface area (Å²) in [5.74, 6) is -0.269. The van der Waals surface area contributed by atoms with E-state index >= 15 is 0 Å². The number of nitrogens with zero attached hydrogens (tertiary/aromatic N) is 2. The molecule has 1 heterocycles. The molecule has 7 heteroatoms. The number of rotatable bonds is 4. The molecule has 0 saturated heterocycles. The van der Waals surface area contributed by atoms with Crippen molar-refractivity contribution in [2.24, 2.45) is 0 Å². The van der Waals surface area contributed by atoms with Gasteiger partial charge in [0.2, 0.25) is 6.20 Å². The van der Waals surface area contributed by atoms with Crippen LogP contribution in [0.2, 0.25) is 0 Å². The number of methoxy groups -OCH3 is 1. The molecule has 7 nitrogen and oxygen atoms in total. The second-order valence-corrected chi connectivity index (χ2v) is 3.50. The van der Waals surface area contributed by atoms with Crippen molar-refractivity contribution < 1.29 is 23.8 Å². The lowest BCUT2D eigenvalue weighted by Crippen LogP contribution is -2.41.